The number of fused-ring (bicyclic) bond motifs is 2. The first-order valence-corrected chi connectivity index (χ1v) is 16.5. The number of amides is 1. The summed E-state index contributed by atoms with van der Waals surface area (Å²) < 4.78 is 117. The summed E-state index contributed by atoms with van der Waals surface area (Å²) >= 11 is 0. The fourth-order valence-corrected chi connectivity index (χ4v) is 6.80. The van der Waals surface area contributed by atoms with Gasteiger partial charge in [-0.05, 0) is 59.4 Å². The summed E-state index contributed by atoms with van der Waals surface area (Å²) in [6, 6.07) is 10.9. The van der Waals surface area contributed by atoms with E-state index in [0.29, 0.717) is 34.9 Å². The summed E-state index contributed by atoms with van der Waals surface area (Å²) in [5, 5.41) is 6.11. The molecule has 1 atom stereocenters. The molecule has 0 spiro atoms. The molecule has 5 aromatic rings. The zero-order chi connectivity index (χ0) is 38.4. The van der Waals surface area contributed by atoms with Crippen molar-refractivity contribution in [2.75, 3.05) is 0 Å². The van der Waals surface area contributed by atoms with E-state index in [-0.39, 0.29) is 34.0 Å². The highest BCUT2D eigenvalue weighted by atomic mass is 19.3. The molecule has 3 aromatic heterocycles. The summed E-state index contributed by atoms with van der Waals surface area (Å²) in [6.45, 7) is -0.800. The van der Waals surface area contributed by atoms with Crippen molar-refractivity contribution in [3.63, 3.8) is 0 Å². The average Bonchev–Trinajstić information content (AvgIpc) is 3.71. The standard InChI is InChI=1S/C38H26F8N6O2/c39-25-10-21(11-26(40)14-25)9-24(12-28(53)18-52-34-31(33(51-52)35(41)42)37(43,44)7-8-38(34,45)46)32-29(22-2-3-23-17-49-36(54)30(23)13-22)6-5-27(50-32)4-1-20-15-47-19-48-16-20/h2-3,5-6,10-11,13-16,19,24,35H,7-9,12,17-18H2,(H,49,54)/t24-/m1/s1. The molecule has 8 nitrogen and oxygen atoms in total. The molecule has 0 radical (unpaired) electrons. The van der Waals surface area contributed by atoms with Crippen LogP contribution in [0.15, 0.2) is 67.3 Å². The number of nitrogens with one attached hydrogen (secondary N) is 1. The summed E-state index contributed by atoms with van der Waals surface area (Å²) in [5.41, 5.74) is -1.84. The zero-order valence-electron chi connectivity index (χ0n) is 27.8. The number of hydrogen-bond donors (Lipinski definition) is 1. The van der Waals surface area contributed by atoms with Gasteiger partial charge in [0.2, 0.25) is 0 Å². The van der Waals surface area contributed by atoms with E-state index >= 15 is 8.78 Å². The Balaban J connectivity index is 1.34. The van der Waals surface area contributed by atoms with Gasteiger partial charge in [0.25, 0.3) is 24.2 Å². The first-order valence-electron chi connectivity index (χ1n) is 16.5. The van der Waals surface area contributed by atoms with Gasteiger partial charge in [-0.2, -0.15) is 13.9 Å². The van der Waals surface area contributed by atoms with Gasteiger partial charge >= 0.3 is 0 Å². The second-order valence-electron chi connectivity index (χ2n) is 13.0. The second kappa shape index (κ2) is 14.1. The summed E-state index contributed by atoms with van der Waals surface area (Å²) in [7, 11) is 0. The Kier molecular flexibility index (Phi) is 9.50. The van der Waals surface area contributed by atoms with Crippen LogP contribution in [0.25, 0.3) is 11.1 Å². The van der Waals surface area contributed by atoms with Crippen LogP contribution in [0.3, 0.4) is 0 Å². The predicted molar refractivity (Wildman–Crippen MR) is 175 cm³/mol. The predicted octanol–water partition coefficient (Wildman–Crippen LogP) is 7.56. The van der Waals surface area contributed by atoms with Crippen molar-refractivity contribution in [2.45, 2.75) is 63.0 Å². The Labute approximate surface area is 301 Å². The second-order valence-corrected chi connectivity index (χ2v) is 13.0. The van der Waals surface area contributed by atoms with Gasteiger partial charge in [0.15, 0.2) is 5.78 Å². The van der Waals surface area contributed by atoms with Crippen molar-refractivity contribution in [3.05, 3.63) is 129 Å². The highest BCUT2D eigenvalue weighted by Gasteiger charge is 2.55. The number of Topliss-reactive ketones (excluding diaryl/α,β-unsaturated/α-hetero) is 1. The molecule has 0 saturated carbocycles. The van der Waals surface area contributed by atoms with Crippen LogP contribution in [-0.2, 0) is 36.1 Å². The van der Waals surface area contributed by atoms with E-state index in [1.54, 1.807) is 30.3 Å². The van der Waals surface area contributed by atoms with E-state index in [1.165, 1.54) is 18.7 Å². The molecular formula is C38H26F8N6O2. The minimum atomic E-state index is -4.05. The molecule has 1 aliphatic heterocycles. The number of pyridine rings is 1. The third-order valence-corrected chi connectivity index (χ3v) is 9.17. The quantitative estimate of drug-likeness (QED) is 0.123. The summed E-state index contributed by atoms with van der Waals surface area (Å²) in [5.74, 6) is -6.51. The lowest BCUT2D eigenvalue weighted by Crippen LogP contribution is -2.33. The van der Waals surface area contributed by atoms with Crippen molar-refractivity contribution in [1.82, 2.24) is 30.0 Å². The largest absolute Gasteiger partial charge is 0.348 e. The van der Waals surface area contributed by atoms with Crippen LogP contribution in [0.2, 0.25) is 0 Å². The Morgan fingerprint density at radius 2 is 1.61 bits per heavy atom. The van der Waals surface area contributed by atoms with E-state index in [2.05, 4.69) is 32.2 Å². The molecule has 1 amide bonds. The normalized spacial score (nSPS) is 15.9. The number of carbonyl (C=O) groups excluding carboxylic acids is 2. The minimum absolute atomic E-state index is 0.0759. The maximum Gasteiger partial charge on any atom is 0.290 e. The number of ketones is 1. The Bertz CT molecular complexity index is 2330. The zero-order valence-corrected chi connectivity index (χ0v) is 27.8. The molecule has 2 aromatic carbocycles. The molecule has 16 heteroatoms. The third kappa shape index (κ3) is 7.30. The molecule has 1 N–H and O–H groups in total. The van der Waals surface area contributed by atoms with E-state index in [9.17, 15) is 35.9 Å². The van der Waals surface area contributed by atoms with Gasteiger partial charge in [-0.25, -0.2) is 41.3 Å². The number of nitrogens with zero attached hydrogens (tertiary/aromatic N) is 5. The van der Waals surface area contributed by atoms with Crippen molar-refractivity contribution in [1.29, 1.82) is 0 Å². The van der Waals surface area contributed by atoms with Crippen LogP contribution >= 0.6 is 0 Å². The molecule has 0 fully saturated rings. The van der Waals surface area contributed by atoms with Crippen LogP contribution in [0.5, 0.6) is 0 Å². The number of halogens is 8. The number of carbonyl (C=O) groups is 2. The van der Waals surface area contributed by atoms with Crippen LogP contribution in [0, 0.1) is 23.5 Å². The van der Waals surface area contributed by atoms with Gasteiger partial charge in [0, 0.05) is 61.3 Å². The highest BCUT2D eigenvalue weighted by Crippen LogP contribution is 2.52. The molecule has 276 valence electrons. The monoisotopic (exact) mass is 750 g/mol. The van der Waals surface area contributed by atoms with Gasteiger partial charge in [-0.1, -0.05) is 18.1 Å². The van der Waals surface area contributed by atoms with Crippen LogP contribution in [0.4, 0.5) is 35.1 Å². The fraction of sp³-hybridized carbons (Fsp3) is 0.263. The number of aromatic nitrogens is 5. The Morgan fingerprint density at radius 1 is 0.889 bits per heavy atom. The lowest BCUT2D eigenvalue weighted by atomic mass is 9.86. The van der Waals surface area contributed by atoms with Crippen molar-refractivity contribution in [2.24, 2.45) is 0 Å². The van der Waals surface area contributed by atoms with Gasteiger partial charge in [-0.3, -0.25) is 14.3 Å². The van der Waals surface area contributed by atoms with Crippen LogP contribution < -0.4 is 5.32 Å². The van der Waals surface area contributed by atoms with Crippen LogP contribution in [-0.4, -0.2) is 36.4 Å². The Morgan fingerprint density at radius 3 is 2.33 bits per heavy atom. The van der Waals surface area contributed by atoms with Gasteiger partial charge in [-0.15, -0.1) is 0 Å². The number of alkyl halides is 6. The number of benzene rings is 2. The molecule has 0 bridgehead atoms. The molecule has 4 heterocycles. The molecular weight excluding hydrogens is 724 g/mol. The lowest BCUT2D eigenvalue weighted by Gasteiger charge is -2.29. The number of rotatable bonds is 9. The molecule has 0 saturated heterocycles. The van der Waals surface area contributed by atoms with Gasteiger partial charge in [0.1, 0.15) is 41.6 Å². The van der Waals surface area contributed by atoms with Crippen molar-refractivity contribution >= 4 is 11.7 Å². The first-order chi connectivity index (χ1) is 25.7. The van der Waals surface area contributed by atoms with Gasteiger partial charge in [0.05, 0.1) is 16.8 Å². The Hall–Kier alpha value is -5.98. The van der Waals surface area contributed by atoms with Crippen molar-refractivity contribution < 1.29 is 44.7 Å². The van der Waals surface area contributed by atoms with Crippen molar-refractivity contribution in [3.8, 4) is 23.0 Å². The fourth-order valence-electron chi connectivity index (χ4n) is 6.80. The molecule has 7 rings (SSSR count). The third-order valence-electron chi connectivity index (χ3n) is 9.17. The minimum Gasteiger partial charge on any atom is -0.348 e. The number of hydrogen-bond acceptors (Lipinski definition) is 6. The van der Waals surface area contributed by atoms with Crippen LogP contribution in [0.1, 0.15) is 87.0 Å². The van der Waals surface area contributed by atoms with E-state index in [4.69, 9.17) is 4.98 Å². The molecule has 0 unspecified atom stereocenters. The maximum absolute atomic E-state index is 15.1. The molecule has 1 aliphatic carbocycles. The summed E-state index contributed by atoms with van der Waals surface area (Å²) in [4.78, 5) is 39.0. The molecule has 54 heavy (non-hydrogen) atoms. The van der Waals surface area contributed by atoms with E-state index < -0.39 is 84.4 Å². The van der Waals surface area contributed by atoms with E-state index in [1.807, 2.05) is 0 Å². The average molecular weight is 751 g/mol. The molecule has 2 aliphatic rings. The smallest absolute Gasteiger partial charge is 0.290 e. The first kappa shape index (κ1) is 36.4. The lowest BCUT2D eigenvalue weighted by molar-refractivity contribution is -0.121. The van der Waals surface area contributed by atoms with E-state index in [0.717, 1.165) is 17.7 Å². The SMILES string of the molecule is O=C(C[C@@H](Cc1cc(F)cc(F)c1)c1nc(C#Cc2cncnc2)ccc1-c1ccc2c(c1)C(=O)NC2)Cn1nc(C(F)F)c2c1C(F)(F)CCC2(F)F. The summed E-state index contributed by atoms with van der Waals surface area (Å²) in [6.07, 6.45) is -3.04. The maximum atomic E-state index is 15.1. The highest BCUT2D eigenvalue weighted by molar-refractivity contribution is 5.99. The van der Waals surface area contributed by atoms with Gasteiger partial charge < -0.3 is 5.32 Å². The topological polar surface area (TPSA) is 103 Å².